The SMILES string of the molecule is CC(C)(CCOc1ccccc1CCO)C(N)=S. The Labute approximate surface area is 114 Å². The first-order valence-electron chi connectivity index (χ1n) is 6.09. The van der Waals surface area contributed by atoms with Gasteiger partial charge in [-0.05, 0) is 24.5 Å². The quantitative estimate of drug-likeness (QED) is 0.744. The van der Waals surface area contributed by atoms with E-state index in [4.69, 9.17) is 27.8 Å². The van der Waals surface area contributed by atoms with Crippen molar-refractivity contribution in [3.8, 4) is 5.75 Å². The van der Waals surface area contributed by atoms with Crippen LogP contribution in [0.4, 0.5) is 0 Å². The van der Waals surface area contributed by atoms with E-state index in [9.17, 15) is 0 Å². The number of benzene rings is 1. The molecule has 0 aliphatic rings. The van der Waals surface area contributed by atoms with Gasteiger partial charge in [-0.25, -0.2) is 0 Å². The number of aliphatic hydroxyl groups excluding tert-OH is 1. The number of thiocarbonyl (C=S) groups is 1. The molecule has 0 aliphatic heterocycles. The second kappa shape index (κ2) is 6.71. The number of hydrogen-bond acceptors (Lipinski definition) is 3. The molecule has 0 saturated carbocycles. The van der Waals surface area contributed by atoms with Crippen molar-refractivity contribution in [2.24, 2.45) is 11.1 Å². The molecule has 0 radical (unpaired) electrons. The number of nitrogens with two attached hydrogens (primary N) is 1. The Morgan fingerprint density at radius 3 is 2.67 bits per heavy atom. The molecule has 0 bridgehead atoms. The van der Waals surface area contributed by atoms with E-state index >= 15 is 0 Å². The number of rotatable bonds is 7. The molecule has 0 aliphatic carbocycles. The van der Waals surface area contributed by atoms with E-state index in [1.54, 1.807) is 0 Å². The number of hydrogen-bond donors (Lipinski definition) is 2. The van der Waals surface area contributed by atoms with Gasteiger partial charge in [0.25, 0.3) is 0 Å². The van der Waals surface area contributed by atoms with Crippen LogP contribution in [0.3, 0.4) is 0 Å². The van der Waals surface area contributed by atoms with Crippen molar-refractivity contribution in [3.63, 3.8) is 0 Å². The van der Waals surface area contributed by atoms with E-state index in [1.165, 1.54) is 0 Å². The zero-order valence-corrected chi connectivity index (χ0v) is 11.8. The molecule has 18 heavy (non-hydrogen) atoms. The Morgan fingerprint density at radius 2 is 2.06 bits per heavy atom. The molecule has 0 unspecified atom stereocenters. The maximum atomic E-state index is 8.98. The van der Waals surface area contributed by atoms with E-state index in [-0.39, 0.29) is 12.0 Å². The second-order valence-corrected chi connectivity index (χ2v) is 5.37. The monoisotopic (exact) mass is 267 g/mol. The van der Waals surface area contributed by atoms with Crippen molar-refractivity contribution < 1.29 is 9.84 Å². The molecule has 0 saturated heterocycles. The van der Waals surface area contributed by atoms with Gasteiger partial charge in [0, 0.05) is 12.0 Å². The van der Waals surface area contributed by atoms with E-state index in [1.807, 2.05) is 38.1 Å². The van der Waals surface area contributed by atoms with Crippen LogP contribution in [0.25, 0.3) is 0 Å². The first kappa shape index (κ1) is 14.9. The van der Waals surface area contributed by atoms with Crippen LogP contribution < -0.4 is 10.5 Å². The van der Waals surface area contributed by atoms with Gasteiger partial charge in [-0.15, -0.1) is 0 Å². The third kappa shape index (κ3) is 4.27. The summed E-state index contributed by atoms with van der Waals surface area (Å²) in [5.41, 5.74) is 6.50. The minimum atomic E-state index is -0.193. The molecule has 0 fully saturated rings. The molecule has 0 amide bonds. The first-order valence-corrected chi connectivity index (χ1v) is 6.49. The van der Waals surface area contributed by atoms with E-state index < -0.39 is 0 Å². The molecule has 4 heteroatoms. The highest BCUT2D eigenvalue weighted by Gasteiger charge is 2.21. The van der Waals surface area contributed by atoms with E-state index in [2.05, 4.69) is 0 Å². The first-order chi connectivity index (χ1) is 8.47. The molecule has 3 N–H and O–H groups in total. The lowest BCUT2D eigenvalue weighted by atomic mass is 9.90. The van der Waals surface area contributed by atoms with E-state index in [0.29, 0.717) is 18.0 Å². The van der Waals surface area contributed by atoms with Crippen LogP contribution in [0.15, 0.2) is 24.3 Å². The highest BCUT2D eigenvalue weighted by molar-refractivity contribution is 7.80. The Morgan fingerprint density at radius 1 is 1.39 bits per heavy atom. The van der Waals surface area contributed by atoms with Crippen molar-refractivity contribution in [1.82, 2.24) is 0 Å². The molecule has 0 aromatic heterocycles. The highest BCUT2D eigenvalue weighted by atomic mass is 32.1. The predicted octanol–water partition coefficient (Wildman–Crippen LogP) is 2.30. The molecule has 3 nitrogen and oxygen atoms in total. The minimum absolute atomic E-state index is 0.124. The normalized spacial score (nSPS) is 11.3. The lowest BCUT2D eigenvalue weighted by molar-refractivity contribution is 0.262. The van der Waals surface area contributed by atoms with Crippen LogP contribution in [0.5, 0.6) is 5.75 Å². The van der Waals surface area contributed by atoms with Gasteiger partial charge >= 0.3 is 0 Å². The maximum Gasteiger partial charge on any atom is 0.122 e. The van der Waals surface area contributed by atoms with Gasteiger partial charge in [-0.1, -0.05) is 44.3 Å². The zero-order valence-electron chi connectivity index (χ0n) is 11.0. The summed E-state index contributed by atoms with van der Waals surface area (Å²) in [6.07, 6.45) is 1.38. The number of ether oxygens (including phenoxy) is 1. The van der Waals surface area contributed by atoms with Crippen molar-refractivity contribution >= 4 is 17.2 Å². The van der Waals surface area contributed by atoms with Crippen LogP contribution in [-0.2, 0) is 6.42 Å². The predicted molar refractivity (Wildman–Crippen MR) is 77.9 cm³/mol. The van der Waals surface area contributed by atoms with Gasteiger partial charge in [-0.2, -0.15) is 0 Å². The van der Waals surface area contributed by atoms with Crippen LogP contribution in [0.2, 0.25) is 0 Å². The Bertz CT molecular complexity index is 405. The fourth-order valence-corrected chi connectivity index (χ4v) is 1.61. The average Bonchev–Trinajstić information content (AvgIpc) is 2.31. The molecule has 1 rings (SSSR count). The summed E-state index contributed by atoms with van der Waals surface area (Å²) in [6.45, 7) is 4.71. The number of para-hydroxylation sites is 1. The van der Waals surface area contributed by atoms with Gasteiger partial charge in [0.15, 0.2) is 0 Å². The van der Waals surface area contributed by atoms with Gasteiger partial charge < -0.3 is 15.6 Å². The summed E-state index contributed by atoms with van der Waals surface area (Å²) in [4.78, 5) is 0.509. The lowest BCUT2D eigenvalue weighted by Crippen LogP contribution is -2.31. The molecule has 1 aromatic rings. The topological polar surface area (TPSA) is 55.5 Å². The molecule has 0 atom stereocenters. The van der Waals surface area contributed by atoms with Crippen LogP contribution >= 0.6 is 12.2 Å². The lowest BCUT2D eigenvalue weighted by Gasteiger charge is -2.23. The molecule has 1 aromatic carbocycles. The molecule has 100 valence electrons. The van der Waals surface area contributed by atoms with Crippen LogP contribution in [-0.4, -0.2) is 23.3 Å². The van der Waals surface area contributed by atoms with Crippen molar-refractivity contribution in [2.75, 3.05) is 13.2 Å². The van der Waals surface area contributed by atoms with Crippen LogP contribution in [0.1, 0.15) is 25.8 Å². The summed E-state index contributed by atoms with van der Waals surface area (Å²) in [6, 6.07) is 7.74. The van der Waals surface area contributed by atoms with Crippen molar-refractivity contribution in [3.05, 3.63) is 29.8 Å². The Kier molecular flexibility index (Phi) is 5.56. The molecular formula is C14H21NO2S. The fraction of sp³-hybridized carbons (Fsp3) is 0.500. The smallest absolute Gasteiger partial charge is 0.122 e. The third-order valence-corrected chi connectivity index (χ3v) is 3.56. The summed E-state index contributed by atoms with van der Waals surface area (Å²) in [5, 5.41) is 8.98. The zero-order chi connectivity index (χ0) is 13.6. The molecule has 0 heterocycles. The molecular weight excluding hydrogens is 246 g/mol. The Hall–Kier alpha value is -1.13. The number of aliphatic hydroxyl groups is 1. The summed E-state index contributed by atoms with van der Waals surface area (Å²) in [5.74, 6) is 0.824. The minimum Gasteiger partial charge on any atom is -0.493 e. The van der Waals surface area contributed by atoms with Gasteiger partial charge in [-0.3, -0.25) is 0 Å². The highest BCUT2D eigenvalue weighted by Crippen LogP contribution is 2.23. The fourth-order valence-electron chi connectivity index (χ4n) is 1.51. The van der Waals surface area contributed by atoms with Crippen molar-refractivity contribution in [1.29, 1.82) is 0 Å². The summed E-state index contributed by atoms with van der Waals surface area (Å²) < 4.78 is 5.75. The second-order valence-electron chi connectivity index (χ2n) is 4.93. The van der Waals surface area contributed by atoms with Gasteiger partial charge in [0.05, 0.1) is 11.6 Å². The van der Waals surface area contributed by atoms with Crippen molar-refractivity contribution in [2.45, 2.75) is 26.7 Å². The van der Waals surface area contributed by atoms with Crippen LogP contribution in [0, 0.1) is 5.41 Å². The largest absolute Gasteiger partial charge is 0.493 e. The molecule has 0 spiro atoms. The van der Waals surface area contributed by atoms with Gasteiger partial charge in [0.2, 0.25) is 0 Å². The van der Waals surface area contributed by atoms with E-state index in [0.717, 1.165) is 17.7 Å². The standard InChI is InChI=1S/C14H21NO2S/c1-14(2,13(15)18)8-10-17-12-6-4-3-5-11(12)7-9-16/h3-6,16H,7-10H2,1-2H3,(H2,15,18). The summed E-state index contributed by atoms with van der Waals surface area (Å²) in [7, 11) is 0. The summed E-state index contributed by atoms with van der Waals surface area (Å²) >= 11 is 5.02. The maximum absolute atomic E-state index is 8.98. The Balaban J connectivity index is 2.56. The van der Waals surface area contributed by atoms with Gasteiger partial charge in [0.1, 0.15) is 5.75 Å². The third-order valence-electron chi connectivity index (χ3n) is 3.01. The average molecular weight is 267 g/mol.